The summed E-state index contributed by atoms with van der Waals surface area (Å²) < 4.78 is 0. The Balaban J connectivity index is 1.36. The fourth-order valence-corrected chi connectivity index (χ4v) is 6.80. The molecule has 6 rings (SSSR count). The zero-order valence-electron chi connectivity index (χ0n) is 15.7. The van der Waals surface area contributed by atoms with Crippen LogP contribution in [0.3, 0.4) is 0 Å². The average Bonchev–Trinajstić information content (AvgIpc) is 2.83. The van der Waals surface area contributed by atoms with Gasteiger partial charge in [-0.3, -0.25) is 19.3 Å². The van der Waals surface area contributed by atoms with Crippen molar-refractivity contribution in [3.63, 3.8) is 0 Å². The van der Waals surface area contributed by atoms with Crippen molar-refractivity contribution >= 4 is 23.3 Å². The van der Waals surface area contributed by atoms with E-state index >= 15 is 0 Å². The van der Waals surface area contributed by atoms with Crippen LogP contribution < -0.4 is 5.73 Å². The first kappa shape index (κ1) is 17.0. The van der Waals surface area contributed by atoms with Gasteiger partial charge in [-0.15, -0.1) is 0 Å². The molecule has 1 aromatic carbocycles. The predicted octanol–water partition coefficient (Wildman–Crippen LogP) is 3.43. The largest absolute Gasteiger partial charge is 0.399 e. The van der Waals surface area contributed by atoms with Crippen molar-refractivity contribution in [3.05, 3.63) is 29.3 Å². The lowest BCUT2D eigenvalue weighted by Gasteiger charge is -2.57. The molecule has 5 nitrogen and oxygen atoms in total. The summed E-state index contributed by atoms with van der Waals surface area (Å²) in [6.45, 7) is 1.70. The molecule has 0 aromatic heterocycles. The number of anilines is 1. The lowest BCUT2D eigenvalue weighted by Crippen LogP contribution is -2.49. The van der Waals surface area contributed by atoms with Gasteiger partial charge in [0.2, 0.25) is 0 Å². The van der Waals surface area contributed by atoms with Crippen LogP contribution in [0.1, 0.15) is 72.6 Å². The molecule has 0 saturated heterocycles. The first-order chi connectivity index (χ1) is 12.8. The van der Waals surface area contributed by atoms with Crippen LogP contribution in [0.25, 0.3) is 0 Å². The van der Waals surface area contributed by atoms with E-state index in [0.717, 1.165) is 41.9 Å². The van der Waals surface area contributed by atoms with Gasteiger partial charge in [0.1, 0.15) is 0 Å². The number of benzene rings is 1. The van der Waals surface area contributed by atoms with Crippen molar-refractivity contribution in [3.8, 4) is 0 Å². The van der Waals surface area contributed by atoms with E-state index in [0.29, 0.717) is 23.2 Å². The van der Waals surface area contributed by atoms with Gasteiger partial charge in [0, 0.05) is 12.1 Å². The Labute approximate surface area is 159 Å². The molecular weight excluding hydrogens is 340 g/mol. The Kier molecular flexibility index (Phi) is 3.56. The summed E-state index contributed by atoms with van der Waals surface area (Å²) >= 11 is 0. The van der Waals surface area contributed by atoms with E-state index in [4.69, 9.17) is 5.73 Å². The number of nitrogens with zero attached hydrogens (tertiary/aromatic N) is 1. The van der Waals surface area contributed by atoms with Crippen LogP contribution in [-0.4, -0.2) is 28.5 Å². The maximum absolute atomic E-state index is 13.2. The fraction of sp³-hybridized carbons (Fsp3) is 0.591. The SMILES string of the molecule is CC(C(=O)CC12CC3CC(CC(C3)C1)C2)N1C(=O)c2ccc(N)cc2C1=O. The summed E-state index contributed by atoms with van der Waals surface area (Å²) in [6, 6.07) is 4.02. The number of carbonyl (C=O) groups excluding carboxylic acids is 3. The molecule has 27 heavy (non-hydrogen) atoms. The van der Waals surface area contributed by atoms with Crippen LogP contribution in [0.2, 0.25) is 0 Å². The molecule has 0 radical (unpaired) electrons. The Hall–Kier alpha value is -2.17. The van der Waals surface area contributed by atoms with E-state index in [1.807, 2.05) is 0 Å². The summed E-state index contributed by atoms with van der Waals surface area (Å²) in [6.07, 6.45) is 7.96. The maximum Gasteiger partial charge on any atom is 0.262 e. The molecule has 4 bridgehead atoms. The number of nitrogens with two attached hydrogens (primary N) is 1. The number of imide groups is 1. The second-order valence-corrected chi connectivity index (χ2v) is 9.52. The molecule has 4 aliphatic carbocycles. The number of ketones is 1. The van der Waals surface area contributed by atoms with Crippen molar-refractivity contribution < 1.29 is 14.4 Å². The normalized spacial score (nSPS) is 34.9. The minimum absolute atomic E-state index is 0.0272. The number of Topliss-reactive ketones (excluding diaryl/α,β-unsaturated/α-hetero) is 1. The average molecular weight is 366 g/mol. The smallest absolute Gasteiger partial charge is 0.262 e. The van der Waals surface area contributed by atoms with Gasteiger partial charge in [0.25, 0.3) is 11.8 Å². The molecule has 4 fully saturated rings. The van der Waals surface area contributed by atoms with E-state index in [9.17, 15) is 14.4 Å². The van der Waals surface area contributed by atoms with Gasteiger partial charge >= 0.3 is 0 Å². The van der Waals surface area contributed by atoms with Gasteiger partial charge in [0.05, 0.1) is 17.2 Å². The van der Waals surface area contributed by atoms with E-state index in [1.165, 1.54) is 25.3 Å². The van der Waals surface area contributed by atoms with Crippen molar-refractivity contribution in [2.45, 2.75) is 57.9 Å². The van der Waals surface area contributed by atoms with Crippen LogP contribution >= 0.6 is 0 Å². The zero-order valence-corrected chi connectivity index (χ0v) is 15.7. The van der Waals surface area contributed by atoms with Crippen LogP contribution in [0.4, 0.5) is 5.69 Å². The van der Waals surface area contributed by atoms with Crippen LogP contribution in [0, 0.1) is 23.2 Å². The van der Waals surface area contributed by atoms with Crippen LogP contribution in [0.5, 0.6) is 0 Å². The summed E-state index contributed by atoms with van der Waals surface area (Å²) in [4.78, 5) is 39.8. The number of amides is 2. The monoisotopic (exact) mass is 366 g/mol. The highest BCUT2D eigenvalue weighted by atomic mass is 16.2. The third-order valence-corrected chi connectivity index (χ3v) is 7.51. The Morgan fingerprint density at radius 2 is 1.63 bits per heavy atom. The lowest BCUT2D eigenvalue weighted by atomic mass is 9.48. The van der Waals surface area contributed by atoms with Crippen molar-refractivity contribution in [2.24, 2.45) is 23.2 Å². The molecule has 2 amide bonds. The van der Waals surface area contributed by atoms with Crippen LogP contribution in [0.15, 0.2) is 18.2 Å². The minimum atomic E-state index is -0.716. The van der Waals surface area contributed by atoms with Gasteiger partial charge in [-0.2, -0.15) is 0 Å². The second-order valence-electron chi connectivity index (χ2n) is 9.52. The maximum atomic E-state index is 13.2. The van der Waals surface area contributed by atoms with Crippen LogP contribution in [-0.2, 0) is 4.79 Å². The first-order valence-electron chi connectivity index (χ1n) is 10.2. The predicted molar refractivity (Wildman–Crippen MR) is 101 cm³/mol. The minimum Gasteiger partial charge on any atom is -0.399 e. The molecule has 2 N–H and O–H groups in total. The standard InChI is InChI=1S/C22H26N2O3/c1-12(24-20(26)17-3-2-16(23)7-18(17)21(24)27)19(25)11-22-8-13-4-14(9-22)6-15(5-13)10-22/h2-3,7,12-15H,4-6,8-11,23H2,1H3. The third kappa shape index (κ3) is 2.54. The molecule has 4 saturated carbocycles. The van der Waals surface area contributed by atoms with Gasteiger partial charge in [0.15, 0.2) is 5.78 Å². The van der Waals surface area contributed by atoms with E-state index < -0.39 is 11.9 Å². The van der Waals surface area contributed by atoms with Crippen molar-refractivity contribution in [1.29, 1.82) is 0 Å². The highest BCUT2D eigenvalue weighted by Gasteiger charge is 2.52. The Morgan fingerprint density at radius 1 is 1.07 bits per heavy atom. The summed E-state index contributed by atoms with van der Waals surface area (Å²) in [5.41, 5.74) is 6.99. The fourth-order valence-electron chi connectivity index (χ4n) is 6.80. The number of hydrogen-bond donors (Lipinski definition) is 1. The second kappa shape index (κ2) is 5.66. The Bertz CT molecular complexity index is 824. The number of rotatable bonds is 4. The quantitative estimate of drug-likeness (QED) is 0.654. The molecular formula is C22H26N2O3. The summed E-state index contributed by atoms with van der Waals surface area (Å²) in [5, 5.41) is 0. The zero-order chi connectivity index (χ0) is 18.9. The Morgan fingerprint density at radius 3 is 2.22 bits per heavy atom. The number of fused-ring (bicyclic) bond motifs is 1. The molecule has 1 aliphatic heterocycles. The molecule has 1 heterocycles. The highest BCUT2D eigenvalue weighted by molar-refractivity contribution is 6.23. The molecule has 1 unspecified atom stereocenters. The van der Waals surface area contributed by atoms with E-state index in [2.05, 4.69) is 0 Å². The highest BCUT2D eigenvalue weighted by Crippen LogP contribution is 2.61. The van der Waals surface area contributed by atoms with Crippen molar-refractivity contribution in [2.75, 3.05) is 5.73 Å². The number of carbonyl (C=O) groups is 3. The molecule has 1 aromatic rings. The molecule has 0 spiro atoms. The number of nitrogen functional groups attached to an aromatic ring is 1. The summed E-state index contributed by atoms with van der Waals surface area (Å²) in [5.74, 6) is 1.60. The van der Waals surface area contributed by atoms with Crippen molar-refractivity contribution in [1.82, 2.24) is 4.90 Å². The molecule has 1 atom stereocenters. The summed E-state index contributed by atoms with van der Waals surface area (Å²) in [7, 11) is 0. The third-order valence-electron chi connectivity index (χ3n) is 7.51. The molecule has 142 valence electrons. The van der Waals surface area contributed by atoms with Gasteiger partial charge in [-0.1, -0.05) is 0 Å². The van der Waals surface area contributed by atoms with E-state index in [1.54, 1.807) is 19.1 Å². The number of hydrogen-bond acceptors (Lipinski definition) is 4. The van der Waals surface area contributed by atoms with Gasteiger partial charge in [-0.05, 0) is 86.8 Å². The molecule has 5 aliphatic rings. The van der Waals surface area contributed by atoms with Gasteiger partial charge in [-0.25, -0.2) is 0 Å². The van der Waals surface area contributed by atoms with E-state index in [-0.39, 0.29) is 17.1 Å². The molecule has 5 heteroatoms. The first-order valence-corrected chi connectivity index (χ1v) is 10.2. The topological polar surface area (TPSA) is 80.5 Å². The lowest BCUT2D eigenvalue weighted by molar-refractivity contribution is -0.130. The van der Waals surface area contributed by atoms with Gasteiger partial charge < -0.3 is 5.73 Å².